The minimum atomic E-state index is -4.48. The number of nitrogens with one attached hydrogen (secondary N) is 2. The highest BCUT2D eigenvalue weighted by Gasteiger charge is 2.54. The van der Waals surface area contributed by atoms with Crippen LogP contribution in [0.3, 0.4) is 0 Å². The number of ether oxygens (including phenoxy) is 2. The molecule has 0 aliphatic carbocycles. The van der Waals surface area contributed by atoms with Crippen LogP contribution in [0.2, 0.25) is 0 Å². The molecule has 26 heteroatoms. The van der Waals surface area contributed by atoms with Crippen molar-refractivity contribution in [3.63, 3.8) is 0 Å². The molecule has 0 bridgehead atoms. The summed E-state index contributed by atoms with van der Waals surface area (Å²) < 4.78 is 93.9. The van der Waals surface area contributed by atoms with E-state index in [0.29, 0.717) is 0 Å². The molecule has 3 aliphatic rings. The molecule has 0 amide bonds. The van der Waals surface area contributed by atoms with Crippen LogP contribution in [0.25, 0.3) is 22.3 Å². The van der Waals surface area contributed by atoms with Crippen molar-refractivity contribution >= 4 is 72.3 Å². The Kier molecular flexibility index (Phi) is 7.82. The first-order valence-electron chi connectivity index (χ1n) is 13.1. The lowest BCUT2D eigenvalue weighted by molar-refractivity contribution is -0.0544. The van der Waals surface area contributed by atoms with Gasteiger partial charge in [0, 0.05) is 0 Å². The molecule has 6 N–H and O–H groups in total. The molecule has 46 heavy (non-hydrogen) atoms. The summed E-state index contributed by atoms with van der Waals surface area (Å²) >= 11 is 7.90. The summed E-state index contributed by atoms with van der Waals surface area (Å²) in [6.07, 6.45) is -11.7. The van der Waals surface area contributed by atoms with Gasteiger partial charge in [-0.25, -0.2) is 27.9 Å². The van der Waals surface area contributed by atoms with E-state index >= 15 is 8.78 Å². The number of imidazole rings is 2. The molecule has 0 aromatic carbocycles. The maximum atomic E-state index is 16.0. The number of H-pyrrole nitrogens is 2. The standard InChI is InChI=1S/C20H22F2N10O10P2S2/c21-7-11-5(39-17(7)31-3-25-9-13(31)27-19(23)29-15(9)33)1-37-43(35,45)42-12-6(2-38-44(36,46)41-11)40-18(8(12)22)32-4-26-10-14(32)28-20(24)30-16(10)34/h3-8,11-12,17-18H,1-2H2,(H,35,45)(H,36,46)(H3,23,27,29,33)(H3,24,28,30,34)/t5-,6-,7-,8-,11-,12-,17-,18-,43-,44?/m1/s1. The molecule has 248 valence electrons. The molecule has 7 rings (SSSR count). The highest BCUT2D eigenvalue weighted by Crippen LogP contribution is 2.60. The molecule has 7 heterocycles. The van der Waals surface area contributed by atoms with Gasteiger partial charge in [0.2, 0.25) is 11.9 Å². The largest absolute Gasteiger partial charge is 0.386 e. The zero-order valence-corrected chi connectivity index (χ0v) is 26.2. The first kappa shape index (κ1) is 31.7. The van der Waals surface area contributed by atoms with Crippen LogP contribution in [0.15, 0.2) is 22.2 Å². The van der Waals surface area contributed by atoms with Crippen LogP contribution >= 0.6 is 38.1 Å². The van der Waals surface area contributed by atoms with Gasteiger partial charge in [-0.2, -0.15) is 9.97 Å². The summed E-state index contributed by atoms with van der Waals surface area (Å²) in [5.41, 5.74) is 9.24. The Morgan fingerprint density at radius 1 is 0.783 bits per heavy atom. The van der Waals surface area contributed by atoms with Crippen molar-refractivity contribution in [2.75, 3.05) is 24.7 Å². The molecule has 3 saturated heterocycles. The van der Waals surface area contributed by atoms with Gasteiger partial charge in [0.05, 0.1) is 25.9 Å². The zero-order chi connectivity index (χ0) is 32.7. The third-order valence-corrected chi connectivity index (χ3v) is 10.5. The Morgan fingerprint density at radius 3 is 1.57 bits per heavy atom. The van der Waals surface area contributed by atoms with Crippen LogP contribution in [0, 0.1) is 0 Å². The second-order valence-corrected chi connectivity index (χ2v) is 16.0. The number of nitrogen functional groups attached to an aromatic ring is 2. The van der Waals surface area contributed by atoms with Crippen LogP contribution < -0.4 is 22.6 Å². The van der Waals surface area contributed by atoms with Gasteiger partial charge in [-0.05, 0) is 0 Å². The van der Waals surface area contributed by atoms with Gasteiger partial charge in [-0.3, -0.25) is 46.8 Å². The van der Waals surface area contributed by atoms with Crippen molar-refractivity contribution in [2.45, 2.75) is 49.2 Å². The Balaban J connectivity index is 1.18. The second kappa shape index (κ2) is 11.4. The highest BCUT2D eigenvalue weighted by molar-refractivity contribution is 8.44. The molecule has 10 atom stereocenters. The highest BCUT2D eigenvalue weighted by atomic mass is 32.7. The van der Waals surface area contributed by atoms with Crippen molar-refractivity contribution in [2.24, 2.45) is 0 Å². The number of hydrogen-bond acceptors (Lipinski definition) is 16. The van der Waals surface area contributed by atoms with Gasteiger partial charge in [-0.15, -0.1) is 0 Å². The first-order valence-corrected chi connectivity index (χ1v) is 18.5. The molecular weight excluding hydrogens is 704 g/mol. The normalized spacial score (nSPS) is 37.1. The summed E-state index contributed by atoms with van der Waals surface area (Å²) in [5.74, 6) is -0.562. The van der Waals surface area contributed by atoms with E-state index in [0.717, 1.165) is 21.8 Å². The number of aromatic amines is 2. The predicted molar refractivity (Wildman–Crippen MR) is 158 cm³/mol. The second-order valence-electron chi connectivity index (χ2n) is 10.2. The number of rotatable bonds is 2. The number of fused-ring (bicyclic) bond motifs is 4. The number of thiol groups is 2. The fourth-order valence-corrected chi connectivity index (χ4v) is 8.28. The average molecular weight is 727 g/mol. The summed E-state index contributed by atoms with van der Waals surface area (Å²) in [6.45, 7) is -10.4. The Hall–Kier alpha value is -2.92. The molecule has 1 unspecified atom stereocenters. The van der Waals surface area contributed by atoms with E-state index in [4.69, 9.17) is 39.0 Å². The summed E-state index contributed by atoms with van der Waals surface area (Å²) in [5, 5.41) is 0. The maximum absolute atomic E-state index is 16.0. The minimum Gasteiger partial charge on any atom is -0.369 e. The molecule has 0 saturated carbocycles. The molecule has 4 aromatic heterocycles. The van der Waals surface area contributed by atoms with E-state index in [2.05, 4.69) is 54.4 Å². The van der Waals surface area contributed by atoms with Gasteiger partial charge < -0.3 is 20.9 Å². The van der Waals surface area contributed by atoms with Gasteiger partial charge in [0.25, 0.3) is 11.1 Å². The molecule has 3 aliphatic heterocycles. The summed E-state index contributed by atoms with van der Waals surface area (Å²) in [7, 11) is 0. The molecule has 20 nitrogen and oxygen atoms in total. The van der Waals surface area contributed by atoms with Crippen LogP contribution in [-0.2, 0) is 36.7 Å². The van der Waals surface area contributed by atoms with Gasteiger partial charge in [0.15, 0.2) is 47.1 Å². The first-order chi connectivity index (χ1) is 21.7. The van der Waals surface area contributed by atoms with Crippen LogP contribution in [0.4, 0.5) is 20.7 Å². The Bertz CT molecular complexity index is 1920. The topological polar surface area (TPSA) is 269 Å². The maximum Gasteiger partial charge on any atom is 0.386 e. The lowest BCUT2D eigenvalue weighted by Crippen LogP contribution is -2.36. The SMILES string of the molecule is Nc1nc2c(ncn2[C@@H]2O[C@@H]3CO[P@@](=O)(S)O[C@H]4[C@@H](F)[C@H](n5cnc6c(=O)[nH]c(N)nc65)O[C@@H]4COP(=O)(S)O[C@H]3[C@H]2F)c(=O)[nH]1. The number of nitrogens with two attached hydrogens (primary N) is 2. The molecule has 4 aromatic rings. The van der Waals surface area contributed by atoms with Crippen molar-refractivity contribution in [1.29, 1.82) is 0 Å². The van der Waals surface area contributed by atoms with Gasteiger partial charge in [0.1, 0.15) is 24.4 Å². The number of aromatic nitrogens is 8. The summed E-state index contributed by atoms with van der Waals surface area (Å²) in [6, 6.07) is 0. The quantitative estimate of drug-likeness (QED) is 0.123. The number of nitrogens with zero attached hydrogens (tertiary/aromatic N) is 6. The van der Waals surface area contributed by atoms with Crippen LogP contribution in [0.5, 0.6) is 0 Å². The van der Waals surface area contributed by atoms with E-state index in [-0.39, 0.29) is 34.2 Å². The van der Waals surface area contributed by atoms with Crippen LogP contribution in [-0.4, -0.2) is 89.0 Å². The van der Waals surface area contributed by atoms with Gasteiger partial charge in [-0.1, -0.05) is 24.5 Å². The minimum absolute atomic E-state index is 0.137. The molecule has 3 fully saturated rings. The smallest absolute Gasteiger partial charge is 0.369 e. The Morgan fingerprint density at radius 2 is 1.17 bits per heavy atom. The number of alkyl halides is 2. The predicted octanol–water partition coefficient (Wildman–Crippen LogP) is 0.781. The zero-order valence-electron chi connectivity index (χ0n) is 22.7. The van der Waals surface area contributed by atoms with E-state index in [1.165, 1.54) is 0 Å². The molecule has 0 spiro atoms. The number of halogens is 2. The molecular formula is C20H22F2N10O10P2S2. The van der Waals surface area contributed by atoms with E-state index in [1.807, 2.05) is 0 Å². The van der Waals surface area contributed by atoms with Crippen molar-refractivity contribution in [1.82, 2.24) is 39.0 Å². The third-order valence-electron chi connectivity index (χ3n) is 7.30. The lowest BCUT2D eigenvalue weighted by Gasteiger charge is -2.28. The van der Waals surface area contributed by atoms with E-state index in [9.17, 15) is 18.7 Å². The molecule has 0 radical (unpaired) electrons. The van der Waals surface area contributed by atoms with E-state index < -0.39 is 87.1 Å². The van der Waals surface area contributed by atoms with Crippen LogP contribution in [0.1, 0.15) is 12.5 Å². The average Bonchev–Trinajstić information content (AvgIpc) is 3.72. The van der Waals surface area contributed by atoms with E-state index in [1.54, 1.807) is 0 Å². The monoisotopic (exact) mass is 726 g/mol. The van der Waals surface area contributed by atoms with Crippen molar-refractivity contribution in [3.05, 3.63) is 33.4 Å². The Labute approximate surface area is 263 Å². The van der Waals surface area contributed by atoms with Crippen molar-refractivity contribution < 1.29 is 45.5 Å². The number of anilines is 2. The summed E-state index contributed by atoms with van der Waals surface area (Å²) in [4.78, 5) is 44.7. The fourth-order valence-electron chi connectivity index (χ4n) is 5.32. The number of hydrogen-bond donors (Lipinski definition) is 6. The fraction of sp³-hybridized carbons (Fsp3) is 0.500. The van der Waals surface area contributed by atoms with Gasteiger partial charge >= 0.3 is 13.6 Å². The third kappa shape index (κ3) is 5.55. The lowest BCUT2D eigenvalue weighted by atomic mass is 10.1. The van der Waals surface area contributed by atoms with Crippen molar-refractivity contribution in [3.8, 4) is 0 Å².